The van der Waals surface area contributed by atoms with Crippen LogP contribution in [0.4, 0.5) is 0 Å². The molecule has 2 rings (SSSR count). The SMILES string of the molecule is C#C[C@@](O)(C[C@@H](COP(=O)(N[C@@H](CCC)C(=O)OC(C)C)Oc1ccccc1)OC)n1ccc(=O)[nH]c1=O. The van der Waals surface area contributed by atoms with Gasteiger partial charge in [0.25, 0.3) is 5.56 Å². The number of esters is 1. The first-order valence-corrected chi connectivity index (χ1v) is 13.5. The van der Waals surface area contributed by atoms with Crippen LogP contribution in [0.3, 0.4) is 0 Å². The number of rotatable bonds is 15. The maximum Gasteiger partial charge on any atom is 0.459 e. The quantitative estimate of drug-likeness (QED) is 0.170. The van der Waals surface area contributed by atoms with E-state index in [1.807, 2.05) is 11.9 Å². The van der Waals surface area contributed by atoms with Crippen molar-refractivity contribution < 1.29 is 33.0 Å². The Bertz CT molecular complexity index is 1250. The summed E-state index contributed by atoms with van der Waals surface area (Å²) in [6.45, 7) is 4.82. The molecule has 0 saturated carbocycles. The molecule has 0 amide bonds. The Morgan fingerprint density at radius 2 is 1.95 bits per heavy atom. The van der Waals surface area contributed by atoms with E-state index in [1.165, 1.54) is 7.11 Å². The Morgan fingerprint density at radius 3 is 2.50 bits per heavy atom. The van der Waals surface area contributed by atoms with E-state index in [0.29, 0.717) is 6.42 Å². The summed E-state index contributed by atoms with van der Waals surface area (Å²) < 4.78 is 36.6. The fraction of sp³-hybridized carbons (Fsp3) is 0.480. The average Bonchev–Trinajstić information content (AvgIpc) is 2.86. The van der Waals surface area contributed by atoms with Crippen LogP contribution in [0.1, 0.15) is 40.0 Å². The van der Waals surface area contributed by atoms with Crippen LogP contribution in [0.15, 0.2) is 52.2 Å². The Hall–Kier alpha value is -3.20. The predicted molar refractivity (Wildman–Crippen MR) is 139 cm³/mol. The third-order valence-corrected chi connectivity index (χ3v) is 6.79. The predicted octanol–water partition coefficient (Wildman–Crippen LogP) is 2.13. The van der Waals surface area contributed by atoms with Crippen LogP contribution in [0.5, 0.6) is 5.75 Å². The largest absolute Gasteiger partial charge is 0.462 e. The normalized spacial score (nSPS) is 16.0. The van der Waals surface area contributed by atoms with Gasteiger partial charge in [0.1, 0.15) is 11.8 Å². The van der Waals surface area contributed by atoms with E-state index in [4.69, 9.17) is 24.9 Å². The molecule has 0 radical (unpaired) electrons. The number of aromatic amines is 1. The second-order valence-corrected chi connectivity index (χ2v) is 10.4. The molecular weight excluding hydrogens is 517 g/mol. The van der Waals surface area contributed by atoms with Gasteiger partial charge in [-0.05, 0) is 38.3 Å². The van der Waals surface area contributed by atoms with E-state index in [2.05, 4.69) is 11.0 Å². The number of aromatic nitrogens is 2. The van der Waals surface area contributed by atoms with Gasteiger partial charge in [0.2, 0.25) is 5.72 Å². The molecule has 2 aromatic rings. The number of carbonyl (C=O) groups excluding carboxylic acids is 1. The molecule has 0 bridgehead atoms. The number of hydrogen-bond donors (Lipinski definition) is 3. The lowest BCUT2D eigenvalue weighted by Gasteiger charge is -2.30. The van der Waals surface area contributed by atoms with Crippen molar-refractivity contribution >= 4 is 13.7 Å². The van der Waals surface area contributed by atoms with Crippen LogP contribution < -0.4 is 20.9 Å². The number of nitrogens with one attached hydrogen (secondary N) is 2. The highest BCUT2D eigenvalue weighted by molar-refractivity contribution is 7.52. The highest BCUT2D eigenvalue weighted by Crippen LogP contribution is 2.45. The van der Waals surface area contributed by atoms with E-state index < -0.39 is 55.5 Å². The van der Waals surface area contributed by atoms with E-state index in [-0.39, 0.29) is 18.6 Å². The van der Waals surface area contributed by atoms with Crippen molar-refractivity contribution in [1.82, 2.24) is 14.6 Å². The van der Waals surface area contributed by atoms with E-state index in [9.17, 15) is 24.1 Å². The molecule has 0 spiro atoms. The first-order chi connectivity index (χ1) is 17.9. The number of nitrogens with zero attached hydrogens (tertiary/aromatic N) is 1. The number of H-pyrrole nitrogens is 1. The van der Waals surface area contributed by atoms with Crippen molar-refractivity contribution in [1.29, 1.82) is 0 Å². The molecule has 0 aliphatic heterocycles. The Morgan fingerprint density at radius 1 is 1.26 bits per heavy atom. The first-order valence-electron chi connectivity index (χ1n) is 12.0. The van der Waals surface area contributed by atoms with Gasteiger partial charge in [-0.1, -0.05) is 31.5 Å². The van der Waals surface area contributed by atoms with E-state index in [1.54, 1.807) is 44.2 Å². The second-order valence-electron chi connectivity index (χ2n) is 8.66. The monoisotopic (exact) mass is 551 g/mol. The van der Waals surface area contributed by atoms with Gasteiger partial charge in [-0.15, -0.1) is 6.42 Å². The number of carbonyl (C=O) groups is 1. The zero-order valence-corrected chi connectivity index (χ0v) is 22.7. The van der Waals surface area contributed by atoms with Crippen molar-refractivity contribution in [2.24, 2.45) is 0 Å². The number of benzene rings is 1. The summed E-state index contributed by atoms with van der Waals surface area (Å²) in [6.07, 6.45) is 5.64. The number of para-hydroxylation sites is 1. The zero-order chi connectivity index (χ0) is 28.3. The zero-order valence-electron chi connectivity index (χ0n) is 21.8. The van der Waals surface area contributed by atoms with Crippen LogP contribution >= 0.6 is 7.75 Å². The number of methoxy groups -OCH3 is 1. The molecule has 38 heavy (non-hydrogen) atoms. The average molecular weight is 552 g/mol. The molecule has 1 unspecified atom stereocenters. The molecule has 1 aromatic heterocycles. The van der Waals surface area contributed by atoms with Gasteiger partial charge >= 0.3 is 19.4 Å². The van der Waals surface area contributed by atoms with Crippen molar-refractivity contribution in [3.05, 3.63) is 63.4 Å². The molecule has 1 aromatic carbocycles. The van der Waals surface area contributed by atoms with Crippen LogP contribution in [0.2, 0.25) is 0 Å². The Balaban J connectivity index is 2.30. The first kappa shape index (κ1) is 31.0. The third-order valence-electron chi connectivity index (χ3n) is 5.23. The molecule has 208 valence electrons. The van der Waals surface area contributed by atoms with Gasteiger partial charge in [0.05, 0.1) is 18.8 Å². The summed E-state index contributed by atoms with van der Waals surface area (Å²) in [5, 5.41) is 13.7. The Kier molecular flexibility index (Phi) is 11.5. The topological polar surface area (TPSA) is 158 Å². The molecular formula is C25H34N3O9P. The summed E-state index contributed by atoms with van der Waals surface area (Å²) in [5.74, 6) is 1.71. The lowest BCUT2D eigenvalue weighted by molar-refractivity contribution is -0.149. The van der Waals surface area contributed by atoms with Crippen LogP contribution in [0, 0.1) is 12.3 Å². The van der Waals surface area contributed by atoms with Gasteiger partial charge < -0.3 is 19.1 Å². The lowest BCUT2D eigenvalue weighted by Crippen LogP contribution is -2.45. The van der Waals surface area contributed by atoms with Gasteiger partial charge in [-0.25, -0.2) is 9.36 Å². The molecule has 1 heterocycles. The number of ether oxygens (including phenoxy) is 2. The van der Waals surface area contributed by atoms with Gasteiger partial charge in [-0.3, -0.25) is 23.7 Å². The summed E-state index contributed by atoms with van der Waals surface area (Å²) >= 11 is 0. The highest BCUT2D eigenvalue weighted by atomic mass is 31.2. The van der Waals surface area contributed by atoms with Gasteiger partial charge in [-0.2, -0.15) is 5.09 Å². The molecule has 3 N–H and O–H groups in total. The fourth-order valence-corrected chi connectivity index (χ4v) is 4.94. The minimum atomic E-state index is -4.23. The van der Waals surface area contributed by atoms with Crippen LogP contribution in [0.25, 0.3) is 0 Å². The van der Waals surface area contributed by atoms with Crippen LogP contribution in [-0.4, -0.2) is 52.6 Å². The van der Waals surface area contributed by atoms with Crippen molar-refractivity contribution in [3.63, 3.8) is 0 Å². The number of hydrogen-bond acceptors (Lipinski definition) is 9. The highest BCUT2D eigenvalue weighted by Gasteiger charge is 2.37. The van der Waals surface area contributed by atoms with Gasteiger partial charge in [0, 0.05) is 25.8 Å². The van der Waals surface area contributed by atoms with E-state index in [0.717, 1.165) is 16.8 Å². The van der Waals surface area contributed by atoms with E-state index >= 15 is 0 Å². The molecule has 0 fully saturated rings. The summed E-state index contributed by atoms with van der Waals surface area (Å²) in [6, 6.07) is 8.23. The fourth-order valence-electron chi connectivity index (χ4n) is 3.38. The molecule has 12 nitrogen and oxygen atoms in total. The third kappa shape index (κ3) is 8.97. The van der Waals surface area contributed by atoms with Crippen LogP contribution in [-0.2, 0) is 29.1 Å². The minimum absolute atomic E-state index is 0.213. The smallest absolute Gasteiger partial charge is 0.459 e. The molecule has 13 heteroatoms. The number of terminal acetylenes is 1. The second kappa shape index (κ2) is 14.1. The molecule has 0 aliphatic carbocycles. The van der Waals surface area contributed by atoms with Gasteiger partial charge in [0.15, 0.2) is 0 Å². The van der Waals surface area contributed by atoms with Crippen molar-refractivity contribution in [2.45, 2.75) is 64.0 Å². The maximum absolute atomic E-state index is 13.9. The number of aliphatic hydroxyl groups is 1. The molecule has 4 atom stereocenters. The summed E-state index contributed by atoms with van der Waals surface area (Å²) in [7, 11) is -2.93. The minimum Gasteiger partial charge on any atom is -0.462 e. The Labute approximate surface area is 220 Å². The van der Waals surface area contributed by atoms with Crippen molar-refractivity contribution in [2.75, 3.05) is 13.7 Å². The molecule has 0 aliphatic rings. The molecule has 0 saturated heterocycles. The lowest BCUT2D eigenvalue weighted by atomic mass is 10.1. The summed E-state index contributed by atoms with van der Waals surface area (Å²) in [4.78, 5) is 38.3. The maximum atomic E-state index is 13.9. The van der Waals surface area contributed by atoms with Crippen molar-refractivity contribution in [3.8, 4) is 18.1 Å². The standard InChI is InChI=1S/C25H34N3O9P/c1-6-11-21(23(30)36-18(3)4)27-38(33,37-19-12-9-8-10-13-19)35-17-20(34-5)16-25(32,7-2)28-15-14-22(29)26-24(28)31/h2,8-10,12-15,18,20-21,32H,6,11,16-17H2,1,3-5H3,(H,27,33)(H,26,29,31)/t20-,21-,25+,38?/m0/s1. The summed E-state index contributed by atoms with van der Waals surface area (Å²) in [5.41, 5.74) is -3.81.